The summed E-state index contributed by atoms with van der Waals surface area (Å²) in [5.74, 6) is 0.785. The Hall–Kier alpha value is -3.12. The number of fused-ring (bicyclic) bond motifs is 1. The number of thiazole rings is 1. The van der Waals surface area contributed by atoms with Gasteiger partial charge in [0.2, 0.25) is 5.91 Å². The van der Waals surface area contributed by atoms with E-state index < -0.39 is 0 Å². The molecule has 0 unspecified atom stereocenters. The van der Waals surface area contributed by atoms with E-state index >= 15 is 0 Å². The summed E-state index contributed by atoms with van der Waals surface area (Å²) in [6.07, 6.45) is 2.28. The third-order valence-corrected chi connectivity index (χ3v) is 5.84. The Morgan fingerprint density at radius 1 is 1.14 bits per heavy atom. The molecule has 2 aromatic carbocycles. The van der Waals surface area contributed by atoms with Gasteiger partial charge < -0.3 is 10.1 Å². The molecule has 6 heteroatoms. The Morgan fingerprint density at radius 3 is 2.48 bits per heavy atom. The smallest absolute Gasteiger partial charge is 0.230 e. The highest BCUT2D eigenvalue weighted by Crippen LogP contribution is 2.26. The molecule has 5 nitrogen and oxygen atoms in total. The lowest BCUT2D eigenvalue weighted by molar-refractivity contribution is -0.115. The number of nitrogens with zero attached hydrogens (tertiary/aromatic N) is 2. The molecule has 0 atom stereocenters. The van der Waals surface area contributed by atoms with Gasteiger partial charge in [-0.2, -0.15) is 0 Å². The Bertz CT molecular complexity index is 1170. The fourth-order valence-corrected chi connectivity index (χ4v) is 4.46. The van der Waals surface area contributed by atoms with E-state index in [1.165, 1.54) is 5.56 Å². The van der Waals surface area contributed by atoms with Gasteiger partial charge in [0.1, 0.15) is 5.75 Å². The lowest BCUT2D eigenvalue weighted by Gasteiger charge is -2.12. The summed E-state index contributed by atoms with van der Waals surface area (Å²) in [4.78, 5) is 18.3. The molecule has 2 aromatic heterocycles. The lowest BCUT2D eigenvalue weighted by Crippen LogP contribution is -2.17. The summed E-state index contributed by atoms with van der Waals surface area (Å²) < 4.78 is 7.21. The quantitative estimate of drug-likeness (QED) is 0.498. The van der Waals surface area contributed by atoms with Crippen LogP contribution >= 0.6 is 11.3 Å². The second-order valence-electron chi connectivity index (χ2n) is 7.23. The number of carbonyl (C=O) groups is 1. The molecule has 0 aliphatic rings. The number of imidazole rings is 1. The first kappa shape index (κ1) is 19.2. The zero-order valence-corrected chi connectivity index (χ0v) is 17.8. The summed E-state index contributed by atoms with van der Waals surface area (Å²) in [7, 11) is 1.65. The topological polar surface area (TPSA) is 55.6 Å². The number of methoxy groups -OCH3 is 1. The van der Waals surface area contributed by atoms with Gasteiger partial charge in [-0.3, -0.25) is 9.20 Å². The second-order valence-corrected chi connectivity index (χ2v) is 8.07. The Morgan fingerprint density at radius 2 is 1.83 bits per heavy atom. The molecule has 0 bridgehead atoms. The average molecular weight is 406 g/mol. The third-order valence-electron chi connectivity index (χ3n) is 4.95. The maximum atomic E-state index is 12.7. The molecule has 0 fully saturated rings. The number of aryl methyl sites for hydroxylation is 3. The van der Waals surface area contributed by atoms with Crippen LogP contribution in [0.2, 0.25) is 0 Å². The van der Waals surface area contributed by atoms with Gasteiger partial charge in [0.15, 0.2) is 4.96 Å². The van der Waals surface area contributed by atoms with Gasteiger partial charge in [0, 0.05) is 28.5 Å². The van der Waals surface area contributed by atoms with Crippen molar-refractivity contribution in [1.29, 1.82) is 0 Å². The largest absolute Gasteiger partial charge is 0.497 e. The highest BCUT2D eigenvalue weighted by molar-refractivity contribution is 7.15. The summed E-state index contributed by atoms with van der Waals surface area (Å²) in [6, 6.07) is 12.0. The molecule has 1 N–H and O–H groups in total. The number of rotatable bonds is 5. The number of hydrogen-bond donors (Lipinski definition) is 1. The molecular weight excluding hydrogens is 382 g/mol. The van der Waals surface area contributed by atoms with Crippen molar-refractivity contribution in [2.75, 3.05) is 12.4 Å². The first-order valence-electron chi connectivity index (χ1n) is 9.42. The van der Waals surface area contributed by atoms with Gasteiger partial charge in [-0.25, -0.2) is 4.98 Å². The minimum absolute atomic E-state index is 0.0283. The molecule has 4 rings (SSSR count). The first-order valence-corrected chi connectivity index (χ1v) is 10.3. The number of ether oxygens (including phenoxy) is 1. The number of anilines is 1. The number of carbonyl (C=O) groups excluding carboxylic acids is 1. The Kier molecular flexibility index (Phi) is 5.11. The molecule has 0 saturated heterocycles. The van der Waals surface area contributed by atoms with E-state index in [1.807, 2.05) is 54.1 Å². The van der Waals surface area contributed by atoms with Gasteiger partial charge >= 0.3 is 0 Å². The van der Waals surface area contributed by atoms with Crippen molar-refractivity contribution < 1.29 is 9.53 Å². The van der Waals surface area contributed by atoms with Crippen LogP contribution in [0.1, 0.15) is 22.4 Å². The first-order chi connectivity index (χ1) is 13.9. The SMILES string of the molecule is COc1ccc(-c2cn3c(CC(=O)Nc4c(C)cc(C)cc4C)csc3n2)cc1. The highest BCUT2D eigenvalue weighted by atomic mass is 32.1. The van der Waals surface area contributed by atoms with Crippen LogP contribution in [-0.2, 0) is 11.2 Å². The fraction of sp³-hybridized carbons (Fsp3) is 0.217. The van der Waals surface area contributed by atoms with Gasteiger partial charge in [0.25, 0.3) is 0 Å². The highest BCUT2D eigenvalue weighted by Gasteiger charge is 2.14. The molecule has 0 saturated carbocycles. The normalized spacial score (nSPS) is 11.0. The van der Waals surface area contributed by atoms with Gasteiger partial charge in [-0.1, -0.05) is 17.7 Å². The van der Waals surface area contributed by atoms with E-state index in [1.54, 1.807) is 18.4 Å². The summed E-state index contributed by atoms with van der Waals surface area (Å²) in [5, 5.41) is 5.07. The predicted molar refractivity (Wildman–Crippen MR) is 118 cm³/mol. The van der Waals surface area contributed by atoms with Crippen LogP contribution in [0.15, 0.2) is 48.0 Å². The average Bonchev–Trinajstić information content (AvgIpc) is 3.27. The van der Waals surface area contributed by atoms with Crippen molar-refractivity contribution in [1.82, 2.24) is 9.38 Å². The van der Waals surface area contributed by atoms with E-state index in [9.17, 15) is 4.79 Å². The van der Waals surface area contributed by atoms with Gasteiger partial charge in [0.05, 0.1) is 19.2 Å². The van der Waals surface area contributed by atoms with Crippen LogP contribution in [0.5, 0.6) is 5.75 Å². The monoisotopic (exact) mass is 405 g/mol. The van der Waals surface area contributed by atoms with Crippen molar-refractivity contribution in [2.24, 2.45) is 0 Å². The second kappa shape index (κ2) is 7.72. The van der Waals surface area contributed by atoms with Crippen LogP contribution in [0.3, 0.4) is 0 Å². The maximum absolute atomic E-state index is 12.7. The van der Waals surface area contributed by atoms with E-state index in [0.717, 1.165) is 44.5 Å². The van der Waals surface area contributed by atoms with Crippen LogP contribution in [0.25, 0.3) is 16.2 Å². The van der Waals surface area contributed by atoms with Crippen molar-refractivity contribution in [3.8, 4) is 17.0 Å². The molecular formula is C23H23N3O2S. The number of hydrogen-bond acceptors (Lipinski definition) is 4. The van der Waals surface area contributed by atoms with E-state index in [-0.39, 0.29) is 5.91 Å². The molecule has 0 aliphatic heterocycles. The lowest BCUT2D eigenvalue weighted by atomic mass is 10.0. The molecule has 0 spiro atoms. The summed E-state index contributed by atoms with van der Waals surface area (Å²) in [6.45, 7) is 6.11. The molecule has 148 valence electrons. The van der Waals surface area contributed by atoms with Crippen LogP contribution in [0.4, 0.5) is 5.69 Å². The minimum Gasteiger partial charge on any atom is -0.497 e. The number of nitrogens with one attached hydrogen (secondary N) is 1. The Balaban J connectivity index is 1.55. The van der Waals surface area contributed by atoms with E-state index in [2.05, 4.69) is 24.4 Å². The van der Waals surface area contributed by atoms with Crippen molar-refractivity contribution >= 4 is 27.9 Å². The molecule has 2 heterocycles. The van der Waals surface area contributed by atoms with E-state index in [4.69, 9.17) is 9.72 Å². The molecule has 0 radical (unpaired) electrons. The number of benzene rings is 2. The number of amides is 1. The summed E-state index contributed by atoms with van der Waals surface area (Å²) >= 11 is 1.54. The van der Waals surface area contributed by atoms with Gasteiger partial charge in [-0.05, 0) is 56.2 Å². The zero-order valence-electron chi connectivity index (χ0n) is 16.9. The Labute approximate surface area is 174 Å². The van der Waals surface area contributed by atoms with Crippen LogP contribution in [-0.4, -0.2) is 22.4 Å². The van der Waals surface area contributed by atoms with E-state index in [0.29, 0.717) is 6.42 Å². The fourth-order valence-electron chi connectivity index (χ4n) is 3.58. The molecule has 29 heavy (non-hydrogen) atoms. The van der Waals surface area contributed by atoms with Crippen molar-refractivity contribution in [2.45, 2.75) is 27.2 Å². The standard InChI is InChI=1S/C23H23N3O2S/c1-14-9-15(2)22(16(3)10-14)25-21(27)11-18-13-29-23-24-20(12-26(18)23)17-5-7-19(28-4)8-6-17/h5-10,12-13H,11H2,1-4H3,(H,25,27). The summed E-state index contributed by atoms with van der Waals surface area (Å²) in [5.41, 5.74) is 7.08. The van der Waals surface area contributed by atoms with Crippen molar-refractivity contribution in [3.63, 3.8) is 0 Å². The molecule has 4 aromatic rings. The van der Waals surface area contributed by atoms with Crippen molar-refractivity contribution in [3.05, 3.63) is 70.4 Å². The minimum atomic E-state index is -0.0283. The van der Waals surface area contributed by atoms with Crippen LogP contribution in [0, 0.1) is 20.8 Å². The molecule has 0 aliphatic carbocycles. The van der Waals surface area contributed by atoms with Crippen LogP contribution < -0.4 is 10.1 Å². The maximum Gasteiger partial charge on any atom is 0.230 e. The zero-order chi connectivity index (χ0) is 20.5. The third kappa shape index (κ3) is 3.89. The molecule has 1 amide bonds. The number of aromatic nitrogens is 2. The van der Waals surface area contributed by atoms with Gasteiger partial charge in [-0.15, -0.1) is 11.3 Å². The predicted octanol–water partition coefficient (Wildman–Crippen LogP) is 5.18.